The zero-order valence-electron chi connectivity index (χ0n) is 9.71. The third-order valence-corrected chi connectivity index (χ3v) is 4.06. The maximum absolute atomic E-state index is 5.99. The molecule has 2 heteroatoms. The zero-order chi connectivity index (χ0) is 11.3. The van der Waals surface area contributed by atoms with Gasteiger partial charge in [0, 0.05) is 11.4 Å². The van der Waals surface area contributed by atoms with Crippen molar-refractivity contribution in [1.29, 1.82) is 0 Å². The lowest BCUT2D eigenvalue weighted by molar-refractivity contribution is 0.213. The molecule has 0 bridgehead atoms. The van der Waals surface area contributed by atoms with Crippen LogP contribution in [0.2, 0.25) is 0 Å². The molecule has 0 radical (unpaired) electrons. The van der Waals surface area contributed by atoms with Gasteiger partial charge in [0.1, 0.15) is 0 Å². The Morgan fingerprint density at radius 1 is 1.19 bits per heavy atom. The van der Waals surface area contributed by atoms with E-state index in [9.17, 15) is 0 Å². The zero-order valence-corrected chi connectivity index (χ0v) is 10.5. The van der Waals surface area contributed by atoms with Gasteiger partial charge in [-0.1, -0.05) is 30.3 Å². The molecule has 0 spiro atoms. The van der Waals surface area contributed by atoms with E-state index in [1.54, 1.807) is 0 Å². The van der Waals surface area contributed by atoms with Gasteiger partial charge in [0.05, 0.1) is 0 Å². The maximum Gasteiger partial charge on any atom is 0.0406 e. The van der Waals surface area contributed by atoms with Gasteiger partial charge >= 0.3 is 0 Å². The van der Waals surface area contributed by atoms with Crippen molar-refractivity contribution in [2.45, 2.75) is 37.6 Å². The van der Waals surface area contributed by atoms with E-state index in [2.05, 4.69) is 35.6 Å². The molecule has 1 aromatic rings. The number of rotatable bonds is 6. The van der Waals surface area contributed by atoms with Gasteiger partial charge in [-0.25, -0.2) is 0 Å². The summed E-state index contributed by atoms with van der Waals surface area (Å²) in [5.41, 5.74) is 1.70. The van der Waals surface area contributed by atoms with Crippen LogP contribution in [-0.2, 0) is 6.42 Å². The predicted molar refractivity (Wildman–Crippen MR) is 70.1 cm³/mol. The topological polar surface area (TPSA) is 12.0 Å². The standard InChI is InChI=1S/C14H20ClN/c15-12-14(9-5-10-14)16-11-4-8-13-6-2-1-3-7-13/h1-3,6-7,16H,4-5,8-12H2. The highest BCUT2D eigenvalue weighted by Crippen LogP contribution is 2.32. The molecule has 0 atom stereocenters. The summed E-state index contributed by atoms with van der Waals surface area (Å²) in [7, 11) is 0. The van der Waals surface area contributed by atoms with Gasteiger partial charge in [-0.15, -0.1) is 11.6 Å². The fraction of sp³-hybridized carbons (Fsp3) is 0.571. The summed E-state index contributed by atoms with van der Waals surface area (Å²) < 4.78 is 0. The van der Waals surface area contributed by atoms with E-state index >= 15 is 0 Å². The van der Waals surface area contributed by atoms with Crippen molar-refractivity contribution < 1.29 is 0 Å². The lowest BCUT2D eigenvalue weighted by atomic mass is 9.78. The molecule has 1 fully saturated rings. The molecule has 1 aliphatic rings. The molecule has 0 saturated heterocycles. The second-order valence-electron chi connectivity index (χ2n) is 4.78. The average molecular weight is 238 g/mol. The van der Waals surface area contributed by atoms with E-state index in [4.69, 9.17) is 11.6 Å². The van der Waals surface area contributed by atoms with E-state index in [1.807, 2.05) is 0 Å². The lowest BCUT2D eigenvalue weighted by Gasteiger charge is -2.41. The van der Waals surface area contributed by atoms with Crippen LogP contribution in [0, 0.1) is 0 Å². The van der Waals surface area contributed by atoms with Gasteiger partial charge in [-0.2, -0.15) is 0 Å². The molecular formula is C14H20ClN. The first-order chi connectivity index (χ1) is 7.85. The third-order valence-electron chi connectivity index (χ3n) is 3.55. The number of hydrogen-bond acceptors (Lipinski definition) is 1. The van der Waals surface area contributed by atoms with Crippen molar-refractivity contribution >= 4 is 11.6 Å². The van der Waals surface area contributed by atoms with Gasteiger partial charge < -0.3 is 5.32 Å². The molecule has 0 heterocycles. The monoisotopic (exact) mass is 237 g/mol. The number of aryl methyl sites for hydroxylation is 1. The smallest absolute Gasteiger partial charge is 0.0406 e. The van der Waals surface area contributed by atoms with Crippen LogP contribution >= 0.6 is 11.6 Å². The summed E-state index contributed by atoms with van der Waals surface area (Å²) in [5.74, 6) is 0.762. The molecule has 1 saturated carbocycles. The Morgan fingerprint density at radius 2 is 1.94 bits per heavy atom. The Kier molecular flexibility index (Phi) is 4.25. The van der Waals surface area contributed by atoms with E-state index in [0.29, 0.717) is 0 Å². The molecule has 1 N–H and O–H groups in total. The van der Waals surface area contributed by atoms with Crippen LogP contribution in [0.25, 0.3) is 0 Å². The van der Waals surface area contributed by atoms with Crippen LogP contribution in [-0.4, -0.2) is 18.0 Å². The third kappa shape index (κ3) is 2.99. The maximum atomic E-state index is 5.99. The molecule has 0 aromatic heterocycles. The van der Waals surface area contributed by atoms with Crippen molar-refractivity contribution in [3.05, 3.63) is 35.9 Å². The van der Waals surface area contributed by atoms with Crippen molar-refractivity contribution in [2.24, 2.45) is 0 Å². The molecule has 1 aromatic carbocycles. The molecule has 1 nitrogen and oxygen atoms in total. The Labute approximate surface area is 103 Å². The average Bonchev–Trinajstić information content (AvgIpc) is 2.29. The minimum atomic E-state index is 0.276. The number of benzene rings is 1. The summed E-state index contributed by atoms with van der Waals surface area (Å²) in [6.45, 7) is 1.08. The van der Waals surface area contributed by atoms with Crippen LogP contribution in [0.5, 0.6) is 0 Å². The molecule has 0 unspecified atom stereocenters. The summed E-state index contributed by atoms with van der Waals surface area (Å²) in [6.07, 6.45) is 6.19. The van der Waals surface area contributed by atoms with Crippen LogP contribution in [0.15, 0.2) is 30.3 Å². The summed E-state index contributed by atoms with van der Waals surface area (Å²) in [4.78, 5) is 0. The largest absolute Gasteiger partial charge is 0.310 e. The fourth-order valence-electron chi connectivity index (χ4n) is 2.25. The first-order valence-corrected chi connectivity index (χ1v) is 6.73. The fourth-order valence-corrected chi connectivity index (χ4v) is 2.61. The SMILES string of the molecule is ClCC1(NCCCc2ccccc2)CCC1. The number of alkyl halides is 1. The highest BCUT2D eigenvalue weighted by molar-refractivity contribution is 6.18. The highest BCUT2D eigenvalue weighted by atomic mass is 35.5. The molecule has 88 valence electrons. The Balaban J connectivity index is 1.65. The van der Waals surface area contributed by atoms with Gasteiger partial charge in [0.2, 0.25) is 0 Å². The first kappa shape index (κ1) is 11.9. The molecule has 0 amide bonds. The van der Waals surface area contributed by atoms with Crippen LogP contribution in [0.1, 0.15) is 31.2 Å². The van der Waals surface area contributed by atoms with Crippen LogP contribution in [0.3, 0.4) is 0 Å². The molecule has 2 rings (SSSR count). The van der Waals surface area contributed by atoms with E-state index < -0.39 is 0 Å². The second-order valence-corrected chi connectivity index (χ2v) is 5.05. The van der Waals surface area contributed by atoms with E-state index in [-0.39, 0.29) is 5.54 Å². The quantitative estimate of drug-likeness (QED) is 0.591. The van der Waals surface area contributed by atoms with Crippen molar-refractivity contribution in [3.8, 4) is 0 Å². The minimum Gasteiger partial charge on any atom is -0.310 e. The normalized spacial score (nSPS) is 18.1. The van der Waals surface area contributed by atoms with Crippen LogP contribution < -0.4 is 5.32 Å². The molecular weight excluding hydrogens is 218 g/mol. The van der Waals surface area contributed by atoms with Gasteiger partial charge in [-0.05, 0) is 44.2 Å². The minimum absolute atomic E-state index is 0.276. The second kappa shape index (κ2) is 5.70. The van der Waals surface area contributed by atoms with Crippen molar-refractivity contribution in [1.82, 2.24) is 5.32 Å². The van der Waals surface area contributed by atoms with Crippen molar-refractivity contribution in [3.63, 3.8) is 0 Å². The first-order valence-electron chi connectivity index (χ1n) is 6.20. The molecule has 0 aliphatic heterocycles. The Hall–Kier alpha value is -0.530. The number of halogens is 1. The summed E-state index contributed by atoms with van der Waals surface area (Å²) >= 11 is 5.99. The summed E-state index contributed by atoms with van der Waals surface area (Å²) in [6, 6.07) is 10.7. The number of hydrogen-bond donors (Lipinski definition) is 1. The van der Waals surface area contributed by atoms with Gasteiger partial charge in [0.15, 0.2) is 0 Å². The Morgan fingerprint density at radius 3 is 2.50 bits per heavy atom. The number of nitrogens with one attached hydrogen (secondary N) is 1. The van der Waals surface area contributed by atoms with Gasteiger partial charge in [-0.3, -0.25) is 0 Å². The Bertz CT molecular complexity index is 300. The van der Waals surface area contributed by atoms with E-state index in [1.165, 1.54) is 31.2 Å². The lowest BCUT2D eigenvalue weighted by Crippen LogP contribution is -2.52. The molecule has 1 aliphatic carbocycles. The van der Waals surface area contributed by atoms with Crippen molar-refractivity contribution in [2.75, 3.05) is 12.4 Å². The summed E-state index contributed by atoms with van der Waals surface area (Å²) in [5, 5.41) is 3.62. The van der Waals surface area contributed by atoms with Crippen LogP contribution in [0.4, 0.5) is 0 Å². The highest BCUT2D eigenvalue weighted by Gasteiger charge is 2.34. The predicted octanol–water partition coefficient (Wildman–Crippen LogP) is 3.37. The van der Waals surface area contributed by atoms with E-state index in [0.717, 1.165) is 18.8 Å². The van der Waals surface area contributed by atoms with Gasteiger partial charge in [0.25, 0.3) is 0 Å². The molecule has 16 heavy (non-hydrogen) atoms.